The molecule has 0 saturated heterocycles. The Morgan fingerprint density at radius 2 is 1.57 bits per heavy atom. The third-order valence-corrected chi connectivity index (χ3v) is 5.78. The predicted molar refractivity (Wildman–Crippen MR) is 121 cm³/mol. The van der Waals surface area contributed by atoms with Crippen molar-refractivity contribution in [3.63, 3.8) is 0 Å². The molecule has 0 aliphatic rings. The number of carbonyl (C=O) groups is 3. The fourth-order valence-electron chi connectivity index (χ4n) is 3.59. The minimum atomic E-state index is -1.01. The van der Waals surface area contributed by atoms with Gasteiger partial charge in [0.2, 0.25) is 11.8 Å². The first-order valence-corrected chi connectivity index (χ1v) is 10.9. The van der Waals surface area contributed by atoms with Gasteiger partial charge in [0.25, 0.3) is 0 Å². The summed E-state index contributed by atoms with van der Waals surface area (Å²) in [5.41, 5.74) is -1.06. The fourth-order valence-corrected chi connectivity index (χ4v) is 3.59. The number of amides is 2. The Labute approximate surface area is 182 Å². The van der Waals surface area contributed by atoms with Crippen LogP contribution in [-0.2, 0) is 14.4 Å². The maximum Gasteiger partial charge on any atom is 0.331 e. The van der Waals surface area contributed by atoms with Crippen molar-refractivity contribution in [1.82, 2.24) is 15.5 Å². The molecule has 2 atom stereocenters. The molecular weight excluding hydrogens is 382 g/mol. The van der Waals surface area contributed by atoms with Gasteiger partial charge in [-0.15, -0.1) is 0 Å². The number of rotatable bonds is 11. The van der Waals surface area contributed by atoms with Crippen LogP contribution in [0.5, 0.6) is 0 Å². The molecule has 0 radical (unpaired) electrons. The number of hydrogen-bond donors (Lipinski definition) is 3. The standard InChI is InChI=1S/C23H43N3O4/c1-11-23(12-2,24-13-3)21(30)25-18(22(7,8)9)19(27)26(10)17(15(4)5)14-16(6)20(28)29/h14-15,17-18,24H,11-13H2,1-10H3,(H,25,30)(H,28,29)/b16-14+/t17-,18-/m1/s1. The SMILES string of the molecule is CCNC(CC)(CC)C(=O)N[C@H](C(=O)N(C)[C@H](/C=C(\C)C(=O)O)C(C)C)C(C)(C)C. The molecule has 0 aliphatic heterocycles. The van der Waals surface area contributed by atoms with E-state index in [0.717, 1.165) is 0 Å². The minimum Gasteiger partial charge on any atom is -0.478 e. The topological polar surface area (TPSA) is 98.7 Å². The molecule has 0 fully saturated rings. The molecule has 0 saturated carbocycles. The number of aliphatic carboxylic acids is 1. The third-order valence-electron chi connectivity index (χ3n) is 5.78. The molecular formula is C23H43N3O4. The van der Waals surface area contributed by atoms with Crippen LogP contribution in [0, 0.1) is 11.3 Å². The summed E-state index contributed by atoms with van der Waals surface area (Å²) in [6.45, 7) is 17.7. The van der Waals surface area contributed by atoms with Crippen molar-refractivity contribution in [3.8, 4) is 0 Å². The number of carboxylic acid groups (broad SMARTS) is 1. The van der Waals surface area contributed by atoms with Crippen LogP contribution < -0.4 is 10.6 Å². The van der Waals surface area contributed by atoms with E-state index in [9.17, 15) is 19.5 Å². The lowest BCUT2D eigenvalue weighted by molar-refractivity contribution is -0.142. The molecule has 2 amide bonds. The van der Waals surface area contributed by atoms with Gasteiger partial charge in [0.1, 0.15) is 6.04 Å². The van der Waals surface area contributed by atoms with Crippen LogP contribution in [0.3, 0.4) is 0 Å². The van der Waals surface area contributed by atoms with E-state index in [-0.39, 0.29) is 23.3 Å². The van der Waals surface area contributed by atoms with Crippen molar-refractivity contribution in [2.75, 3.05) is 13.6 Å². The first-order valence-electron chi connectivity index (χ1n) is 10.9. The highest BCUT2D eigenvalue weighted by Gasteiger charge is 2.41. The molecule has 174 valence electrons. The first kappa shape index (κ1) is 28.1. The maximum absolute atomic E-state index is 13.5. The van der Waals surface area contributed by atoms with Gasteiger partial charge in [0.15, 0.2) is 0 Å². The van der Waals surface area contributed by atoms with Crippen molar-refractivity contribution >= 4 is 17.8 Å². The smallest absolute Gasteiger partial charge is 0.331 e. The summed E-state index contributed by atoms with van der Waals surface area (Å²) in [6.07, 6.45) is 2.83. The average molecular weight is 426 g/mol. The second-order valence-corrected chi connectivity index (χ2v) is 9.43. The van der Waals surface area contributed by atoms with E-state index in [2.05, 4.69) is 10.6 Å². The largest absolute Gasteiger partial charge is 0.478 e. The molecule has 0 aromatic heterocycles. The highest BCUT2D eigenvalue weighted by molar-refractivity contribution is 5.93. The van der Waals surface area contributed by atoms with Crippen LogP contribution in [0.2, 0.25) is 0 Å². The van der Waals surface area contributed by atoms with Crippen molar-refractivity contribution in [2.24, 2.45) is 11.3 Å². The highest BCUT2D eigenvalue weighted by Crippen LogP contribution is 2.25. The molecule has 30 heavy (non-hydrogen) atoms. The summed E-state index contributed by atoms with van der Waals surface area (Å²) in [7, 11) is 1.67. The van der Waals surface area contributed by atoms with E-state index in [1.807, 2.05) is 55.4 Å². The van der Waals surface area contributed by atoms with Gasteiger partial charge in [-0.25, -0.2) is 4.79 Å². The summed E-state index contributed by atoms with van der Waals surface area (Å²) in [6, 6.07) is -1.14. The van der Waals surface area contributed by atoms with Crippen molar-refractivity contribution in [3.05, 3.63) is 11.6 Å². The van der Waals surface area contributed by atoms with Crippen LogP contribution in [0.25, 0.3) is 0 Å². The van der Waals surface area contributed by atoms with Crippen molar-refractivity contribution in [2.45, 2.75) is 92.8 Å². The zero-order valence-corrected chi connectivity index (χ0v) is 20.5. The second kappa shape index (κ2) is 11.5. The lowest BCUT2D eigenvalue weighted by atomic mass is 9.83. The van der Waals surface area contributed by atoms with Gasteiger partial charge in [-0.3, -0.25) is 9.59 Å². The Morgan fingerprint density at radius 3 is 1.90 bits per heavy atom. The second-order valence-electron chi connectivity index (χ2n) is 9.43. The van der Waals surface area contributed by atoms with Gasteiger partial charge >= 0.3 is 5.97 Å². The Kier molecular flexibility index (Phi) is 10.8. The number of nitrogens with zero attached hydrogens (tertiary/aromatic N) is 1. The molecule has 0 aliphatic carbocycles. The van der Waals surface area contributed by atoms with E-state index in [1.165, 1.54) is 6.92 Å². The summed E-state index contributed by atoms with van der Waals surface area (Å²) >= 11 is 0. The summed E-state index contributed by atoms with van der Waals surface area (Å²) in [5.74, 6) is -1.42. The number of carboxylic acids is 1. The van der Waals surface area contributed by atoms with Crippen molar-refractivity contribution in [1.29, 1.82) is 0 Å². The van der Waals surface area contributed by atoms with Gasteiger partial charge < -0.3 is 20.6 Å². The Bertz CT molecular complexity index is 631. The fraction of sp³-hybridized carbons (Fsp3) is 0.783. The van der Waals surface area contributed by atoms with Crippen LogP contribution in [-0.4, -0.2) is 59.0 Å². The lowest BCUT2D eigenvalue weighted by Crippen LogP contribution is -2.63. The quantitative estimate of drug-likeness (QED) is 0.442. The molecule has 7 nitrogen and oxygen atoms in total. The number of nitrogens with one attached hydrogen (secondary N) is 2. The van der Waals surface area contributed by atoms with E-state index in [1.54, 1.807) is 18.0 Å². The zero-order valence-electron chi connectivity index (χ0n) is 20.5. The molecule has 3 N–H and O–H groups in total. The van der Waals surface area contributed by atoms with E-state index < -0.39 is 29.0 Å². The minimum absolute atomic E-state index is 0.0108. The summed E-state index contributed by atoms with van der Waals surface area (Å²) in [5, 5.41) is 15.5. The van der Waals surface area contributed by atoms with Gasteiger partial charge in [0.05, 0.1) is 11.6 Å². The van der Waals surface area contributed by atoms with E-state index >= 15 is 0 Å². The predicted octanol–water partition coefficient (Wildman–Crippen LogP) is 3.20. The van der Waals surface area contributed by atoms with Gasteiger partial charge in [-0.05, 0) is 37.6 Å². The zero-order chi connectivity index (χ0) is 23.9. The molecule has 0 unspecified atom stereocenters. The number of hydrogen-bond acceptors (Lipinski definition) is 4. The Morgan fingerprint density at radius 1 is 1.07 bits per heavy atom. The maximum atomic E-state index is 13.5. The van der Waals surface area contributed by atoms with Gasteiger partial charge in [-0.2, -0.15) is 0 Å². The lowest BCUT2D eigenvalue weighted by Gasteiger charge is -2.40. The van der Waals surface area contributed by atoms with Crippen molar-refractivity contribution < 1.29 is 19.5 Å². The van der Waals surface area contributed by atoms with Crippen LogP contribution in [0.4, 0.5) is 0 Å². The Balaban J connectivity index is 5.99. The first-order chi connectivity index (χ1) is 13.7. The summed E-state index contributed by atoms with van der Waals surface area (Å²) < 4.78 is 0. The normalized spacial score (nSPS) is 15.0. The number of carbonyl (C=O) groups excluding carboxylic acids is 2. The highest BCUT2D eigenvalue weighted by atomic mass is 16.4. The molecule has 0 rings (SSSR count). The van der Waals surface area contributed by atoms with E-state index in [0.29, 0.717) is 19.4 Å². The molecule has 0 aromatic rings. The average Bonchev–Trinajstić information content (AvgIpc) is 2.65. The molecule has 0 heterocycles. The Hall–Kier alpha value is -1.89. The molecule has 0 spiro atoms. The molecule has 0 bridgehead atoms. The van der Waals surface area contributed by atoms with E-state index in [4.69, 9.17) is 0 Å². The number of likely N-dealkylation sites (N-methyl/N-ethyl adjacent to an activating group) is 2. The molecule has 0 aromatic carbocycles. The van der Waals surface area contributed by atoms with Gasteiger partial charge in [-0.1, -0.05) is 61.5 Å². The monoisotopic (exact) mass is 425 g/mol. The van der Waals surface area contributed by atoms with Crippen LogP contribution in [0.15, 0.2) is 11.6 Å². The third kappa shape index (κ3) is 7.11. The van der Waals surface area contributed by atoms with Crippen LogP contribution >= 0.6 is 0 Å². The summed E-state index contributed by atoms with van der Waals surface area (Å²) in [4.78, 5) is 39.6. The molecule has 7 heteroatoms. The van der Waals surface area contributed by atoms with Crippen LogP contribution in [0.1, 0.15) is 75.2 Å². The van der Waals surface area contributed by atoms with Gasteiger partial charge in [0, 0.05) is 12.6 Å².